The van der Waals surface area contributed by atoms with Gasteiger partial charge in [-0.15, -0.1) is 10.2 Å². The van der Waals surface area contributed by atoms with Crippen molar-refractivity contribution >= 4 is 23.4 Å². The second-order valence-electron chi connectivity index (χ2n) is 5.80. The van der Waals surface area contributed by atoms with Crippen molar-refractivity contribution in [2.75, 3.05) is 11.1 Å². The summed E-state index contributed by atoms with van der Waals surface area (Å²) in [6.45, 7) is 0. The number of halogens is 1. The SMILES string of the molecule is O=C(CSc1nnc(-c2ccco2)n1-c1ccc(F)cc1)Nc1ccccc1. The van der Waals surface area contributed by atoms with Gasteiger partial charge in [-0.05, 0) is 48.5 Å². The number of amides is 1. The number of aromatic nitrogens is 3. The van der Waals surface area contributed by atoms with Gasteiger partial charge in [0.05, 0.1) is 17.7 Å². The average molecular weight is 394 g/mol. The van der Waals surface area contributed by atoms with E-state index in [0.29, 0.717) is 22.4 Å². The van der Waals surface area contributed by atoms with Crippen LogP contribution in [0.4, 0.5) is 10.1 Å². The number of thioether (sulfide) groups is 1. The van der Waals surface area contributed by atoms with Crippen molar-refractivity contribution in [3.63, 3.8) is 0 Å². The van der Waals surface area contributed by atoms with Crippen molar-refractivity contribution in [3.05, 3.63) is 78.8 Å². The van der Waals surface area contributed by atoms with Gasteiger partial charge in [-0.1, -0.05) is 30.0 Å². The van der Waals surface area contributed by atoms with Gasteiger partial charge in [0, 0.05) is 5.69 Å². The number of hydrogen-bond acceptors (Lipinski definition) is 5. The molecule has 0 unspecified atom stereocenters. The topological polar surface area (TPSA) is 73.0 Å². The lowest BCUT2D eigenvalue weighted by atomic mass is 10.3. The summed E-state index contributed by atoms with van der Waals surface area (Å²) in [5, 5.41) is 11.7. The molecule has 2 aromatic heterocycles. The zero-order valence-corrected chi connectivity index (χ0v) is 15.4. The summed E-state index contributed by atoms with van der Waals surface area (Å²) in [5.41, 5.74) is 1.40. The highest BCUT2D eigenvalue weighted by Gasteiger charge is 2.19. The summed E-state index contributed by atoms with van der Waals surface area (Å²) < 4.78 is 20.5. The highest BCUT2D eigenvalue weighted by molar-refractivity contribution is 7.99. The predicted octanol–water partition coefficient (Wildman–Crippen LogP) is 4.40. The number of nitrogens with zero attached hydrogens (tertiary/aromatic N) is 3. The number of benzene rings is 2. The first-order valence-electron chi connectivity index (χ1n) is 8.43. The third-order valence-corrected chi connectivity index (χ3v) is 4.78. The van der Waals surface area contributed by atoms with Crippen LogP contribution in [-0.4, -0.2) is 26.4 Å². The number of anilines is 1. The maximum absolute atomic E-state index is 13.3. The first kappa shape index (κ1) is 18.0. The zero-order chi connectivity index (χ0) is 19.3. The van der Waals surface area contributed by atoms with Crippen LogP contribution < -0.4 is 5.32 Å². The molecule has 1 amide bonds. The van der Waals surface area contributed by atoms with Crippen molar-refractivity contribution in [1.82, 2.24) is 14.8 Å². The van der Waals surface area contributed by atoms with E-state index in [1.165, 1.54) is 23.9 Å². The maximum atomic E-state index is 13.3. The predicted molar refractivity (Wildman–Crippen MR) is 105 cm³/mol. The first-order valence-corrected chi connectivity index (χ1v) is 9.42. The molecule has 0 saturated heterocycles. The number of rotatable bonds is 6. The van der Waals surface area contributed by atoms with Crippen LogP contribution in [-0.2, 0) is 4.79 Å². The molecule has 4 aromatic rings. The van der Waals surface area contributed by atoms with Crippen LogP contribution in [0.1, 0.15) is 0 Å². The molecule has 6 nitrogen and oxygen atoms in total. The van der Waals surface area contributed by atoms with Crippen molar-refractivity contribution in [2.24, 2.45) is 0 Å². The van der Waals surface area contributed by atoms with Crippen LogP contribution in [0.2, 0.25) is 0 Å². The molecule has 2 aromatic carbocycles. The van der Waals surface area contributed by atoms with E-state index in [-0.39, 0.29) is 17.5 Å². The van der Waals surface area contributed by atoms with Gasteiger partial charge in [0.2, 0.25) is 11.7 Å². The Morgan fingerprint density at radius 3 is 2.54 bits per heavy atom. The molecule has 0 aliphatic carbocycles. The average Bonchev–Trinajstić information content (AvgIpc) is 3.37. The molecule has 4 rings (SSSR count). The van der Waals surface area contributed by atoms with Gasteiger partial charge in [0.15, 0.2) is 10.9 Å². The van der Waals surface area contributed by atoms with Gasteiger partial charge in [0.1, 0.15) is 5.82 Å². The molecule has 8 heteroatoms. The van der Waals surface area contributed by atoms with Crippen LogP contribution in [0.5, 0.6) is 0 Å². The van der Waals surface area contributed by atoms with Gasteiger partial charge >= 0.3 is 0 Å². The quantitative estimate of drug-likeness (QED) is 0.491. The Labute approximate surface area is 164 Å². The van der Waals surface area contributed by atoms with E-state index < -0.39 is 0 Å². The third-order valence-electron chi connectivity index (χ3n) is 3.85. The lowest BCUT2D eigenvalue weighted by Gasteiger charge is -2.09. The molecule has 0 radical (unpaired) electrons. The fourth-order valence-electron chi connectivity index (χ4n) is 2.60. The lowest BCUT2D eigenvalue weighted by Crippen LogP contribution is -2.14. The normalized spacial score (nSPS) is 10.8. The molecule has 0 aliphatic heterocycles. The fraction of sp³-hybridized carbons (Fsp3) is 0.0500. The monoisotopic (exact) mass is 394 g/mol. The largest absolute Gasteiger partial charge is 0.461 e. The van der Waals surface area contributed by atoms with Crippen LogP contribution >= 0.6 is 11.8 Å². The fourth-order valence-corrected chi connectivity index (χ4v) is 3.35. The van der Waals surface area contributed by atoms with E-state index in [1.54, 1.807) is 35.1 Å². The summed E-state index contributed by atoms with van der Waals surface area (Å²) in [6, 6.07) is 18.7. The standard InChI is InChI=1S/C20H15FN4O2S/c21-14-8-10-16(11-9-14)25-19(17-7-4-12-27-17)23-24-20(25)28-13-18(26)22-15-5-2-1-3-6-15/h1-12H,13H2,(H,22,26). The Bertz CT molecular complexity index is 1060. The van der Waals surface area contributed by atoms with Gasteiger partial charge in [0.25, 0.3) is 0 Å². The lowest BCUT2D eigenvalue weighted by molar-refractivity contribution is -0.113. The number of furan rings is 1. The van der Waals surface area contributed by atoms with Crippen molar-refractivity contribution in [2.45, 2.75) is 5.16 Å². The number of para-hydroxylation sites is 1. The molecule has 0 aliphatic rings. The van der Waals surface area contributed by atoms with Gasteiger partial charge < -0.3 is 9.73 Å². The zero-order valence-electron chi connectivity index (χ0n) is 14.6. The number of hydrogen-bond donors (Lipinski definition) is 1. The van der Waals surface area contributed by atoms with Gasteiger partial charge in [-0.3, -0.25) is 9.36 Å². The smallest absolute Gasteiger partial charge is 0.234 e. The first-order chi connectivity index (χ1) is 13.7. The van der Waals surface area contributed by atoms with E-state index in [1.807, 2.05) is 30.3 Å². The van der Waals surface area contributed by atoms with Gasteiger partial charge in [-0.2, -0.15) is 0 Å². The maximum Gasteiger partial charge on any atom is 0.234 e. The molecular weight excluding hydrogens is 379 g/mol. The molecule has 1 N–H and O–H groups in total. The third kappa shape index (κ3) is 3.96. The highest BCUT2D eigenvalue weighted by Crippen LogP contribution is 2.28. The Kier molecular flexibility index (Phi) is 5.20. The second-order valence-corrected chi connectivity index (χ2v) is 6.74. The van der Waals surface area contributed by atoms with Crippen LogP contribution in [0.15, 0.2) is 82.6 Å². The number of carbonyl (C=O) groups is 1. The minimum Gasteiger partial charge on any atom is -0.461 e. The van der Waals surface area contributed by atoms with E-state index in [0.717, 1.165) is 5.69 Å². The molecule has 0 fully saturated rings. The Morgan fingerprint density at radius 1 is 1.04 bits per heavy atom. The molecule has 140 valence electrons. The van der Waals surface area contributed by atoms with Crippen LogP contribution in [0, 0.1) is 5.82 Å². The molecule has 0 saturated carbocycles. The van der Waals surface area contributed by atoms with E-state index in [2.05, 4.69) is 15.5 Å². The highest BCUT2D eigenvalue weighted by atomic mass is 32.2. The van der Waals surface area contributed by atoms with E-state index in [9.17, 15) is 9.18 Å². The second kappa shape index (κ2) is 8.10. The summed E-state index contributed by atoms with van der Waals surface area (Å²) in [4.78, 5) is 12.3. The number of carbonyl (C=O) groups excluding carboxylic acids is 1. The van der Waals surface area contributed by atoms with Crippen LogP contribution in [0.25, 0.3) is 17.3 Å². The minimum absolute atomic E-state index is 0.145. The molecule has 0 bridgehead atoms. The van der Waals surface area contributed by atoms with Crippen molar-refractivity contribution in [1.29, 1.82) is 0 Å². The van der Waals surface area contributed by atoms with Crippen LogP contribution in [0.3, 0.4) is 0 Å². The van der Waals surface area contributed by atoms with Gasteiger partial charge in [-0.25, -0.2) is 4.39 Å². The molecule has 0 atom stereocenters. The van der Waals surface area contributed by atoms with E-state index >= 15 is 0 Å². The Hall–Kier alpha value is -3.39. The van der Waals surface area contributed by atoms with Crippen molar-refractivity contribution < 1.29 is 13.6 Å². The van der Waals surface area contributed by atoms with Crippen molar-refractivity contribution in [3.8, 4) is 17.3 Å². The molecule has 2 heterocycles. The summed E-state index contributed by atoms with van der Waals surface area (Å²) in [7, 11) is 0. The molecule has 28 heavy (non-hydrogen) atoms. The Balaban J connectivity index is 1.58. The number of nitrogens with one attached hydrogen (secondary N) is 1. The molecule has 0 spiro atoms. The summed E-state index contributed by atoms with van der Waals surface area (Å²) >= 11 is 1.23. The minimum atomic E-state index is -0.340. The summed E-state index contributed by atoms with van der Waals surface area (Å²) in [6.07, 6.45) is 1.54. The molecular formula is C20H15FN4O2S. The summed E-state index contributed by atoms with van der Waals surface area (Å²) in [5.74, 6) is 0.643. The van der Waals surface area contributed by atoms with E-state index in [4.69, 9.17) is 4.42 Å². The Morgan fingerprint density at radius 2 is 1.82 bits per heavy atom.